The lowest BCUT2D eigenvalue weighted by molar-refractivity contribution is 0.877. The summed E-state index contributed by atoms with van der Waals surface area (Å²) in [5, 5.41) is 1.25. The molecule has 1 aromatic carbocycles. The largest absolute Gasteiger partial charge is 0.397 e. The van der Waals surface area contributed by atoms with Crippen LogP contribution >= 0.6 is 0 Å². The van der Waals surface area contributed by atoms with Gasteiger partial charge in [0, 0.05) is 11.6 Å². The van der Waals surface area contributed by atoms with Gasteiger partial charge in [0.2, 0.25) is 0 Å². The van der Waals surface area contributed by atoms with Crippen LogP contribution in [0.3, 0.4) is 0 Å². The lowest BCUT2D eigenvalue weighted by Crippen LogP contribution is -1.92. The Hall–Kier alpha value is -1.44. The summed E-state index contributed by atoms with van der Waals surface area (Å²) in [6, 6.07) is 6.16. The summed E-state index contributed by atoms with van der Waals surface area (Å²) in [5.41, 5.74) is 9.08. The Morgan fingerprint density at radius 2 is 2.00 bits per heavy atom. The molecule has 2 nitrogen and oxygen atoms in total. The van der Waals surface area contributed by atoms with E-state index in [1.165, 1.54) is 10.9 Å². The normalized spacial score (nSPS) is 11.3. The molecule has 0 bridgehead atoms. The van der Waals surface area contributed by atoms with Gasteiger partial charge in [0.25, 0.3) is 0 Å². The zero-order valence-electron chi connectivity index (χ0n) is 7.96. The Balaban J connectivity index is 2.78. The van der Waals surface area contributed by atoms with E-state index in [1.807, 2.05) is 12.3 Å². The molecule has 68 valence electrons. The van der Waals surface area contributed by atoms with Gasteiger partial charge in [0.05, 0.1) is 11.2 Å². The lowest BCUT2D eigenvalue weighted by Gasteiger charge is -2.07. The monoisotopic (exact) mass is 174 g/mol. The molecular weight excluding hydrogens is 160 g/mol. The Morgan fingerprint density at radius 1 is 1.23 bits per heavy atom. The Bertz CT molecular complexity index is 427. The SMILES string of the molecule is CC(C)c1ccc(N)c2[nH]ccc12. The predicted molar refractivity (Wildman–Crippen MR) is 56.8 cm³/mol. The van der Waals surface area contributed by atoms with E-state index in [0.717, 1.165) is 11.2 Å². The highest BCUT2D eigenvalue weighted by atomic mass is 14.7. The third kappa shape index (κ3) is 1.18. The molecule has 0 aliphatic heterocycles. The number of aromatic nitrogens is 1. The Morgan fingerprint density at radius 3 is 2.69 bits per heavy atom. The number of nitrogens with one attached hydrogen (secondary N) is 1. The first-order valence-electron chi connectivity index (χ1n) is 4.55. The van der Waals surface area contributed by atoms with Crippen LogP contribution in [0.25, 0.3) is 10.9 Å². The molecule has 0 aliphatic carbocycles. The summed E-state index contributed by atoms with van der Waals surface area (Å²) in [4.78, 5) is 3.16. The molecule has 1 aromatic heterocycles. The number of fused-ring (bicyclic) bond motifs is 1. The fraction of sp³-hybridized carbons (Fsp3) is 0.273. The second-order valence-corrected chi connectivity index (χ2v) is 3.67. The van der Waals surface area contributed by atoms with Crippen LogP contribution in [0.5, 0.6) is 0 Å². The molecule has 2 aromatic rings. The minimum absolute atomic E-state index is 0.541. The quantitative estimate of drug-likeness (QED) is 0.641. The minimum atomic E-state index is 0.541. The first kappa shape index (κ1) is 8.17. The van der Waals surface area contributed by atoms with Crippen molar-refractivity contribution >= 4 is 16.6 Å². The van der Waals surface area contributed by atoms with Crippen LogP contribution in [-0.2, 0) is 0 Å². The number of benzene rings is 1. The maximum Gasteiger partial charge on any atom is 0.0690 e. The maximum absolute atomic E-state index is 5.84. The highest BCUT2D eigenvalue weighted by Crippen LogP contribution is 2.28. The zero-order chi connectivity index (χ0) is 9.42. The lowest BCUT2D eigenvalue weighted by atomic mass is 9.99. The van der Waals surface area contributed by atoms with Crippen molar-refractivity contribution in [1.29, 1.82) is 0 Å². The van der Waals surface area contributed by atoms with Crippen LogP contribution in [0.2, 0.25) is 0 Å². The fourth-order valence-electron chi connectivity index (χ4n) is 1.70. The van der Waals surface area contributed by atoms with E-state index in [1.54, 1.807) is 0 Å². The van der Waals surface area contributed by atoms with Gasteiger partial charge in [0.1, 0.15) is 0 Å². The van der Waals surface area contributed by atoms with Crippen LogP contribution in [0, 0.1) is 0 Å². The number of nitrogens with two attached hydrogens (primary N) is 1. The van der Waals surface area contributed by atoms with Crippen molar-refractivity contribution in [2.45, 2.75) is 19.8 Å². The number of H-pyrrole nitrogens is 1. The molecule has 0 spiro atoms. The van der Waals surface area contributed by atoms with Crippen molar-refractivity contribution < 1.29 is 0 Å². The standard InChI is InChI=1S/C11H14N2/c1-7(2)8-3-4-10(12)11-9(8)5-6-13-11/h3-7,13H,12H2,1-2H3. The van der Waals surface area contributed by atoms with E-state index in [4.69, 9.17) is 5.73 Å². The van der Waals surface area contributed by atoms with Crippen molar-refractivity contribution in [3.8, 4) is 0 Å². The maximum atomic E-state index is 5.84. The van der Waals surface area contributed by atoms with Gasteiger partial charge in [-0.05, 0) is 23.6 Å². The molecule has 0 saturated carbocycles. The van der Waals surface area contributed by atoms with Gasteiger partial charge >= 0.3 is 0 Å². The van der Waals surface area contributed by atoms with E-state index < -0.39 is 0 Å². The van der Waals surface area contributed by atoms with Gasteiger partial charge in [-0.1, -0.05) is 19.9 Å². The molecule has 0 atom stereocenters. The molecule has 2 heteroatoms. The average Bonchev–Trinajstić information content (AvgIpc) is 2.53. The average molecular weight is 174 g/mol. The topological polar surface area (TPSA) is 41.8 Å². The van der Waals surface area contributed by atoms with Crippen molar-refractivity contribution in [3.05, 3.63) is 30.0 Å². The summed E-state index contributed by atoms with van der Waals surface area (Å²) in [7, 11) is 0. The second-order valence-electron chi connectivity index (χ2n) is 3.67. The summed E-state index contributed by atoms with van der Waals surface area (Å²) in [6.07, 6.45) is 1.94. The number of rotatable bonds is 1. The summed E-state index contributed by atoms with van der Waals surface area (Å²) in [6.45, 7) is 4.38. The number of hydrogen-bond acceptors (Lipinski definition) is 1. The second kappa shape index (κ2) is 2.80. The smallest absolute Gasteiger partial charge is 0.0690 e. The first-order valence-corrected chi connectivity index (χ1v) is 4.55. The number of anilines is 1. The molecule has 0 amide bonds. The molecule has 3 N–H and O–H groups in total. The molecule has 0 radical (unpaired) electrons. The van der Waals surface area contributed by atoms with E-state index in [-0.39, 0.29) is 0 Å². The van der Waals surface area contributed by atoms with E-state index in [2.05, 4.69) is 31.0 Å². The molecule has 0 fully saturated rings. The number of aromatic amines is 1. The van der Waals surface area contributed by atoms with Gasteiger partial charge in [0.15, 0.2) is 0 Å². The van der Waals surface area contributed by atoms with Crippen molar-refractivity contribution in [2.75, 3.05) is 5.73 Å². The molecule has 2 rings (SSSR count). The Labute approximate surface area is 77.8 Å². The summed E-state index contributed by atoms with van der Waals surface area (Å²) < 4.78 is 0. The zero-order valence-corrected chi connectivity index (χ0v) is 7.96. The first-order chi connectivity index (χ1) is 6.20. The van der Waals surface area contributed by atoms with Crippen LogP contribution < -0.4 is 5.73 Å². The number of nitrogen functional groups attached to an aromatic ring is 1. The molecule has 1 heterocycles. The van der Waals surface area contributed by atoms with Crippen LogP contribution in [-0.4, -0.2) is 4.98 Å². The minimum Gasteiger partial charge on any atom is -0.397 e. The third-order valence-electron chi connectivity index (χ3n) is 2.41. The summed E-state index contributed by atoms with van der Waals surface area (Å²) in [5.74, 6) is 0.541. The van der Waals surface area contributed by atoms with Gasteiger partial charge in [-0.3, -0.25) is 0 Å². The van der Waals surface area contributed by atoms with E-state index in [0.29, 0.717) is 5.92 Å². The summed E-state index contributed by atoms with van der Waals surface area (Å²) >= 11 is 0. The van der Waals surface area contributed by atoms with Crippen LogP contribution in [0.4, 0.5) is 5.69 Å². The van der Waals surface area contributed by atoms with Crippen LogP contribution in [0.15, 0.2) is 24.4 Å². The molecule has 13 heavy (non-hydrogen) atoms. The highest BCUT2D eigenvalue weighted by molar-refractivity contribution is 5.92. The molecule has 0 unspecified atom stereocenters. The van der Waals surface area contributed by atoms with E-state index in [9.17, 15) is 0 Å². The Kier molecular flexibility index (Phi) is 1.76. The van der Waals surface area contributed by atoms with Crippen molar-refractivity contribution in [1.82, 2.24) is 4.98 Å². The van der Waals surface area contributed by atoms with Gasteiger partial charge in [-0.15, -0.1) is 0 Å². The molecular formula is C11H14N2. The van der Waals surface area contributed by atoms with E-state index >= 15 is 0 Å². The predicted octanol–water partition coefficient (Wildman–Crippen LogP) is 2.87. The van der Waals surface area contributed by atoms with Gasteiger partial charge in [-0.2, -0.15) is 0 Å². The van der Waals surface area contributed by atoms with Crippen LogP contribution in [0.1, 0.15) is 25.3 Å². The van der Waals surface area contributed by atoms with Crippen molar-refractivity contribution in [2.24, 2.45) is 0 Å². The van der Waals surface area contributed by atoms with Gasteiger partial charge in [-0.25, -0.2) is 0 Å². The molecule has 0 saturated heterocycles. The molecule has 0 aliphatic rings. The van der Waals surface area contributed by atoms with Gasteiger partial charge < -0.3 is 10.7 Å². The highest BCUT2D eigenvalue weighted by Gasteiger charge is 2.07. The third-order valence-corrected chi connectivity index (χ3v) is 2.41. The fourth-order valence-corrected chi connectivity index (χ4v) is 1.70. The van der Waals surface area contributed by atoms with Crippen molar-refractivity contribution in [3.63, 3.8) is 0 Å². The number of hydrogen-bond donors (Lipinski definition) is 2.